The van der Waals surface area contributed by atoms with Crippen molar-refractivity contribution in [2.24, 2.45) is 5.92 Å². The fraction of sp³-hybridized carbons (Fsp3) is 0.304. The summed E-state index contributed by atoms with van der Waals surface area (Å²) in [6.07, 6.45) is 2.35. The van der Waals surface area contributed by atoms with E-state index < -0.39 is 0 Å². The van der Waals surface area contributed by atoms with E-state index in [2.05, 4.69) is 27.5 Å². The van der Waals surface area contributed by atoms with Crippen LogP contribution in [0.25, 0.3) is 11.3 Å². The topological polar surface area (TPSA) is 70.2 Å². The van der Waals surface area contributed by atoms with E-state index in [4.69, 9.17) is 4.74 Å². The van der Waals surface area contributed by atoms with Crippen LogP contribution in [0.2, 0.25) is 0 Å². The van der Waals surface area contributed by atoms with Crippen LogP contribution >= 0.6 is 0 Å². The number of carbonyl (C=O) groups excluding carboxylic acids is 1. The molecule has 1 amide bonds. The summed E-state index contributed by atoms with van der Waals surface area (Å²) in [5, 5.41) is 10.5. The molecule has 3 unspecified atom stereocenters. The number of likely N-dealkylation sites (tertiary alicyclic amines) is 1. The van der Waals surface area contributed by atoms with Crippen LogP contribution in [0.15, 0.2) is 60.7 Å². The predicted octanol–water partition coefficient (Wildman–Crippen LogP) is 3.69. The van der Waals surface area contributed by atoms with Crippen LogP contribution in [0.5, 0.6) is 11.5 Å². The van der Waals surface area contributed by atoms with E-state index in [-0.39, 0.29) is 11.9 Å². The Bertz CT molecular complexity index is 1020. The normalized spacial score (nSPS) is 23.3. The number of nitrogens with zero attached hydrogens (tertiary/aromatic N) is 2. The number of piperidine rings is 1. The van der Waals surface area contributed by atoms with Gasteiger partial charge in [-0.05, 0) is 56.1 Å². The summed E-state index contributed by atoms with van der Waals surface area (Å²) in [7, 11) is 2.14. The molecular formula is C23H24N4O2. The first-order valence-corrected chi connectivity index (χ1v) is 10.1. The minimum Gasteiger partial charge on any atom is -0.457 e. The number of aromatic amines is 1. The quantitative estimate of drug-likeness (QED) is 0.699. The van der Waals surface area contributed by atoms with Crippen LogP contribution in [0.1, 0.15) is 23.3 Å². The van der Waals surface area contributed by atoms with Crippen molar-refractivity contribution in [1.29, 1.82) is 0 Å². The second-order valence-corrected chi connectivity index (χ2v) is 7.92. The number of H-pyrrole nitrogens is 1. The van der Waals surface area contributed by atoms with Gasteiger partial charge in [-0.3, -0.25) is 9.89 Å². The van der Waals surface area contributed by atoms with E-state index in [0.29, 0.717) is 29.1 Å². The number of para-hydroxylation sites is 2. The first kappa shape index (κ1) is 17.9. The molecule has 6 nitrogen and oxygen atoms in total. The third-order valence-electron chi connectivity index (χ3n) is 6.10. The Hall–Kier alpha value is -3.12. The van der Waals surface area contributed by atoms with Gasteiger partial charge >= 0.3 is 0 Å². The smallest absolute Gasteiger partial charge is 0.269 e. The van der Waals surface area contributed by atoms with Gasteiger partial charge in [0.25, 0.3) is 5.91 Å². The Morgan fingerprint density at radius 3 is 2.69 bits per heavy atom. The van der Waals surface area contributed by atoms with E-state index in [1.54, 1.807) is 6.07 Å². The monoisotopic (exact) mass is 388 g/mol. The maximum atomic E-state index is 12.8. The van der Waals surface area contributed by atoms with E-state index in [1.807, 2.05) is 54.6 Å². The van der Waals surface area contributed by atoms with Gasteiger partial charge in [-0.2, -0.15) is 5.10 Å². The lowest BCUT2D eigenvalue weighted by Crippen LogP contribution is -2.42. The molecule has 0 spiro atoms. The Kier molecular flexibility index (Phi) is 4.56. The Morgan fingerprint density at radius 1 is 1.14 bits per heavy atom. The van der Waals surface area contributed by atoms with Gasteiger partial charge in [-0.15, -0.1) is 0 Å². The number of amides is 1. The molecule has 2 fully saturated rings. The SMILES string of the molecule is CN1CC2CCC1C2NC(=O)c1cc(-c2ccccc2Oc2ccccc2)n[nH]1. The molecule has 1 saturated heterocycles. The van der Waals surface area contributed by atoms with Gasteiger partial charge in [-0.1, -0.05) is 30.3 Å². The molecule has 2 aliphatic rings. The number of hydrogen-bond donors (Lipinski definition) is 2. The molecule has 1 aromatic heterocycles. The molecule has 3 atom stereocenters. The minimum absolute atomic E-state index is 0.0950. The van der Waals surface area contributed by atoms with Crippen molar-refractivity contribution >= 4 is 5.91 Å². The van der Waals surface area contributed by atoms with Gasteiger partial charge in [0.1, 0.15) is 17.2 Å². The molecule has 6 heteroatoms. The highest BCUT2D eigenvalue weighted by atomic mass is 16.5. The Balaban J connectivity index is 1.35. The van der Waals surface area contributed by atoms with Gasteiger partial charge in [0, 0.05) is 24.2 Å². The number of hydrogen-bond acceptors (Lipinski definition) is 4. The van der Waals surface area contributed by atoms with Crippen LogP contribution in [-0.4, -0.2) is 46.7 Å². The highest BCUT2D eigenvalue weighted by molar-refractivity contribution is 5.93. The van der Waals surface area contributed by atoms with E-state index >= 15 is 0 Å². The fourth-order valence-corrected chi connectivity index (χ4v) is 4.66. The number of likely N-dealkylation sites (N-methyl/N-ethyl adjacent to an activating group) is 1. The largest absolute Gasteiger partial charge is 0.457 e. The van der Waals surface area contributed by atoms with Crippen molar-refractivity contribution in [2.75, 3.05) is 13.6 Å². The second kappa shape index (κ2) is 7.37. The van der Waals surface area contributed by atoms with Gasteiger partial charge in [0.2, 0.25) is 0 Å². The van der Waals surface area contributed by atoms with Crippen LogP contribution in [0, 0.1) is 5.92 Å². The van der Waals surface area contributed by atoms with Crippen LogP contribution < -0.4 is 10.1 Å². The number of fused-ring (bicyclic) bond motifs is 2. The summed E-state index contributed by atoms with van der Waals surface area (Å²) in [5.74, 6) is 1.92. The van der Waals surface area contributed by atoms with Crippen molar-refractivity contribution in [3.05, 3.63) is 66.4 Å². The zero-order chi connectivity index (χ0) is 19.8. The average Bonchev–Trinajstić information content (AvgIpc) is 3.44. The molecule has 2 bridgehead atoms. The van der Waals surface area contributed by atoms with Crippen LogP contribution in [-0.2, 0) is 0 Å². The molecule has 2 N–H and O–H groups in total. The van der Waals surface area contributed by atoms with Crippen molar-refractivity contribution < 1.29 is 9.53 Å². The van der Waals surface area contributed by atoms with Gasteiger partial charge in [0.05, 0.1) is 5.69 Å². The van der Waals surface area contributed by atoms with Crippen LogP contribution in [0.4, 0.5) is 0 Å². The summed E-state index contributed by atoms with van der Waals surface area (Å²) >= 11 is 0. The number of rotatable bonds is 5. The highest BCUT2D eigenvalue weighted by Gasteiger charge is 2.45. The van der Waals surface area contributed by atoms with E-state index in [1.165, 1.54) is 6.42 Å². The molecule has 1 aliphatic heterocycles. The third-order valence-corrected chi connectivity index (χ3v) is 6.10. The van der Waals surface area contributed by atoms with Gasteiger partial charge in [-0.25, -0.2) is 0 Å². The fourth-order valence-electron chi connectivity index (χ4n) is 4.66. The lowest BCUT2D eigenvalue weighted by atomic mass is 10.1. The second-order valence-electron chi connectivity index (χ2n) is 7.92. The van der Waals surface area contributed by atoms with Crippen LogP contribution in [0.3, 0.4) is 0 Å². The summed E-state index contributed by atoms with van der Waals surface area (Å²) in [5.41, 5.74) is 2.00. The molecule has 3 aromatic rings. The lowest BCUT2D eigenvalue weighted by Gasteiger charge is -2.22. The Morgan fingerprint density at radius 2 is 1.93 bits per heavy atom. The summed E-state index contributed by atoms with van der Waals surface area (Å²) in [4.78, 5) is 15.2. The standard InChI is InChI=1S/C23H24N4O2/c1-27-14-15-11-12-20(27)22(15)24-23(28)19-13-18(25-26-19)17-9-5-6-10-21(17)29-16-7-3-2-4-8-16/h2-10,13,15,20,22H,11-12,14H2,1H3,(H,24,28)(H,25,26). The zero-order valence-electron chi connectivity index (χ0n) is 16.3. The molecule has 1 saturated carbocycles. The molecular weight excluding hydrogens is 364 g/mol. The van der Waals surface area contributed by atoms with Crippen molar-refractivity contribution in [3.8, 4) is 22.8 Å². The summed E-state index contributed by atoms with van der Waals surface area (Å²) < 4.78 is 6.03. The zero-order valence-corrected chi connectivity index (χ0v) is 16.3. The number of carbonyl (C=O) groups is 1. The molecule has 2 aromatic carbocycles. The molecule has 1 aliphatic carbocycles. The van der Waals surface area contributed by atoms with Crippen molar-refractivity contribution in [2.45, 2.75) is 24.9 Å². The number of ether oxygens (including phenoxy) is 1. The van der Waals surface area contributed by atoms with E-state index in [0.717, 1.165) is 24.3 Å². The third kappa shape index (κ3) is 3.40. The predicted molar refractivity (Wildman–Crippen MR) is 111 cm³/mol. The Labute approximate surface area is 169 Å². The average molecular weight is 388 g/mol. The van der Waals surface area contributed by atoms with Crippen molar-refractivity contribution in [1.82, 2.24) is 20.4 Å². The first-order chi connectivity index (χ1) is 14.2. The molecule has 2 heterocycles. The number of nitrogens with one attached hydrogen (secondary N) is 2. The number of benzene rings is 2. The van der Waals surface area contributed by atoms with Crippen molar-refractivity contribution in [3.63, 3.8) is 0 Å². The number of aromatic nitrogens is 2. The minimum atomic E-state index is -0.0950. The summed E-state index contributed by atoms with van der Waals surface area (Å²) in [6, 6.07) is 19.8. The molecule has 29 heavy (non-hydrogen) atoms. The molecule has 0 radical (unpaired) electrons. The molecule has 148 valence electrons. The van der Waals surface area contributed by atoms with E-state index in [9.17, 15) is 4.79 Å². The maximum absolute atomic E-state index is 12.8. The van der Waals surface area contributed by atoms with Gasteiger partial charge < -0.3 is 15.0 Å². The maximum Gasteiger partial charge on any atom is 0.269 e. The lowest BCUT2D eigenvalue weighted by molar-refractivity contribution is 0.0923. The molecule has 5 rings (SSSR count). The highest BCUT2D eigenvalue weighted by Crippen LogP contribution is 2.37. The first-order valence-electron chi connectivity index (χ1n) is 10.1. The summed E-state index contributed by atoms with van der Waals surface area (Å²) in [6.45, 7) is 1.06. The van der Waals surface area contributed by atoms with Gasteiger partial charge in [0.15, 0.2) is 0 Å².